The van der Waals surface area contributed by atoms with Crippen molar-refractivity contribution in [2.75, 3.05) is 20.1 Å². The van der Waals surface area contributed by atoms with Gasteiger partial charge in [0.05, 0.1) is 27.7 Å². The number of azo groups is 1. The number of phenolic OH excluding ortho intramolecular Hbond substituents is 3. The zero-order valence-electron chi connectivity index (χ0n) is 29.2. The number of hydrogen-bond donors (Lipinski definition) is 5. The zero-order chi connectivity index (χ0) is 39.3. The number of carbonyl (C=O) groups excluding carboxylic acids is 1. The largest absolute Gasteiger partial charge is 0.506 e. The number of aromatic hydroxyl groups is 3. The number of aryl methyl sites for hydroxylation is 1. The molecule has 1 amide bonds. The number of fused-ring (bicyclic) bond motifs is 1. The molecule has 0 spiro atoms. The number of pyridine rings is 1. The molecule has 0 saturated carbocycles. The van der Waals surface area contributed by atoms with Gasteiger partial charge in [0.25, 0.3) is 15.9 Å². The molecular formula is C39H34N6O8S2. The van der Waals surface area contributed by atoms with Crippen molar-refractivity contribution in [2.24, 2.45) is 10.2 Å². The van der Waals surface area contributed by atoms with Crippen LogP contribution >= 0.6 is 0 Å². The summed E-state index contributed by atoms with van der Waals surface area (Å²) in [5.74, 6) is -1.82. The molecular weight excluding hydrogens is 745 g/mol. The van der Waals surface area contributed by atoms with Gasteiger partial charge < -0.3 is 20.6 Å². The van der Waals surface area contributed by atoms with E-state index < -0.39 is 31.7 Å². The van der Waals surface area contributed by atoms with Crippen LogP contribution in [0.1, 0.15) is 12.5 Å². The van der Waals surface area contributed by atoms with Crippen molar-refractivity contribution in [1.29, 1.82) is 0 Å². The summed E-state index contributed by atoms with van der Waals surface area (Å²) < 4.78 is 57.7. The highest BCUT2D eigenvalue weighted by molar-refractivity contribution is 7.93. The molecule has 0 fully saturated rings. The van der Waals surface area contributed by atoms with Crippen LogP contribution in [0.25, 0.3) is 10.9 Å². The van der Waals surface area contributed by atoms with Gasteiger partial charge >= 0.3 is 0 Å². The Bertz CT molecular complexity index is 2670. The molecule has 55 heavy (non-hydrogen) atoms. The Hall–Kier alpha value is -6.78. The van der Waals surface area contributed by atoms with Crippen LogP contribution in [0, 0.1) is 0 Å². The lowest BCUT2D eigenvalue weighted by atomic mass is 10.1. The number of hydrogen-bond acceptors (Lipinski definition) is 11. The van der Waals surface area contributed by atoms with Crippen LogP contribution in [0.4, 0.5) is 34.1 Å². The van der Waals surface area contributed by atoms with E-state index in [1.165, 1.54) is 79.7 Å². The molecule has 6 aromatic rings. The van der Waals surface area contributed by atoms with Gasteiger partial charge in [0.15, 0.2) is 5.69 Å². The number of sulfonamides is 2. The van der Waals surface area contributed by atoms with Gasteiger partial charge in [-0.15, -0.1) is 10.2 Å². The number of nitrogens with one attached hydrogen (secondary N) is 2. The molecule has 16 heteroatoms. The maximum atomic E-state index is 14.2. The van der Waals surface area contributed by atoms with Crippen LogP contribution in [0.15, 0.2) is 149 Å². The van der Waals surface area contributed by atoms with Crippen LogP contribution < -0.4 is 14.3 Å². The lowest BCUT2D eigenvalue weighted by Crippen LogP contribution is -2.29. The molecule has 5 N–H and O–H groups in total. The summed E-state index contributed by atoms with van der Waals surface area (Å²) in [5.41, 5.74) is 1.47. The molecule has 0 bridgehead atoms. The lowest BCUT2D eigenvalue weighted by molar-refractivity contribution is -0.112. The monoisotopic (exact) mass is 778 g/mol. The second-order valence-electron chi connectivity index (χ2n) is 12.3. The molecule has 0 atom stereocenters. The number of aromatic nitrogens is 1. The lowest BCUT2D eigenvalue weighted by Gasteiger charge is -2.26. The molecule has 0 aliphatic heterocycles. The minimum absolute atomic E-state index is 0.0419. The van der Waals surface area contributed by atoms with E-state index in [0.717, 1.165) is 9.69 Å². The second-order valence-corrected chi connectivity index (χ2v) is 15.9. The van der Waals surface area contributed by atoms with E-state index in [-0.39, 0.29) is 68.3 Å². The molecule has 280 valence electrons. The van der Waals surface area contributed by atoms with E-state index in [4.69, 9.17) is 0 Å². The fourth-order valence-corrected chi connectivity index (χ4v) is 8.03. The molecule has 1 heterocycles. The van der Waals surface area contributed by atoms with Crippen LogP contribution in [-0.2, 0) is 31.3 Å². The Morgan fingerprint density at radius 2 is 1.49 bits per heavy atom. The summed E-state index contributed by atoms with van der Waals surface area (Å²) in [6.07, 6.45) is 1.49. The van der Waals surface area contributed by atoms with Gasteiger partial charge in [-0.3, -0.25) is 14.5 Å². The number of anilines is 4. The van der Waals surface area contributed by atoms with Gasteiger partial charge in [0.2, 0.25) is 10.0 Å². The first kappa shape index (κ1) is 38.0. The van der Waals surface area contributed by atoms with Gasteiger partial charge in [0, 0.05) is 22.8 Å². The average molecular weight is 779 g/mol. The normalized spacial score (nSPS) is 11.7. The summed E-state index contributed by atoms with van der Waals surface area (Å²) in [7, 11) is -8.20. The van der Waals surface area contributed by atoms with E-state index in [1.807, 2.05) is 0 Å². The zero-order valence-corrected chi connectivity index (χ0v) is 30.8. The Morgan fingerprint density at radius 3 is 2.20 bits per heavy atom. The Labute approximate surface area is 316 Å². The topological polar surface area (TPSA) is 211 Å². The Morgan fingerprint density at radius 1 is 0.782 bits per heavy atom. The number of nitrogens with zero attached hydrogens (tertiary/aromatic N) is 4. The summed E-state index contributed by atoms with van der Waals surface area (Å²) in [6.45, 7) is 5.06. The highest BCUT2D eigenvalue weighted by Crippen LogP contribution is 2.38. The van der Waals surface area contributed by atoms with E-state index in [2.05, 4.69) is 31.8 Å². The third kappa shape index (κ3) is 8.72. The molecule has 1 aromatic heterocycles. The molecule has 0 aliphatic rings. The van der Waals surface area contributed by atoms with Crippen molar-refractivity contribution >= 4 is 71.0 Å². The number of carbonyl (C=O) groups is 1. The fraction of sp³-hybridized carbons (Fsp3) is 0.0769. The molecule has 14 nitrogen and oxygen atoms in total. The highest BCUT2D eigenvalue weighted by atomic mass is 32.2. The molecule has 5 aromatic carbocycles. The van der Waals surface area contributed by atoms with Crippen molar-refractivity contribution in [3.8, 4) is 17.2 Å². The predicted octanol–water partition coefficient (Wildman–Crippen LogP) is 7.79. The number of amides is 1. The van der Waals surface area contributed by atoms with Crippen molar-refractivity contribution in [2.45, 2.75) is 18.2 Å². The minimum Gasteiger partial charge on any atom is -0.506 e. The summed E-state index contributed by atoms with van der Waals surface area (Å²) in [6, 6.07) is 28.3. The van der Waals surface area contributed by atoms with Crippen molar-refractivity contribution in [3.63, 3.8) is 0 Å². The van der Waals surface area contributed by atoms with Gasteiger partial charge in [0.1, 0.15) is 28.5 Å². The number of phenols is 3. The van der Waals surface area contributed by atoms with Crippen molar-refractivity contribution < 1.29 is 36.9 Å². The fourth-order valence-electron chi connectivity index (χ4n) is 5.40. The van der Waals surface area contributed by atoms with E-state index in [0.29, 0.717) is 11.1 Å². The number of rotatable bonds is 13. The SMILES string of the molecule is C=C(C)C(=O)Nc1cc(N(c2ccc(NS(=O)(=O)c3ccccc3)cc2)S(=O)(=O)CCc2ccc(N=Nc3c(O)ccc4cccnc34)c(O)c2)ccc1O. The molecule has 0 saturated heterocycles. The van der Waals surface area contributed by atoms with Crippen LogP contribution in [0.2, 0.25) is 0 Å². The van der Waals surface area contributed by atoms with Crippen LogP contribution in [-0.4, -0.2) is 48.8 Å². The van der Waals surface area contributed by atoms with Gasteiger partial charge in [-0.2, -0.15) is 0 Å². The smallest absolute Gasteiger partial charge is 0.261 e. The van der Waals surface area contributed by atoms with Crippen LogP contribution in [0.3, 0.4) is 0 Å². The quantitative estimate of drug-likeness (QED) is 0.0439. The molecule has 0 aliphatic carbocycles. The molecule has 0 radical (unpaired) electrons. The van der Waals surface area contributed by atoms with Crippen molar-refractivity contribution in [1.82, 2.24) is 4.98 Å². The standard InChI is InChI=1S/C39H34N6O8S2/c1-25(2)39(49)41-33-24-30(16-19-34(33)46)45(29-14-12-28(13-15-29)44-55(52,53)31-8-4-3-5-9-31)54(50,51)22-20-26-10-17-32(36(48)23-26)42-43-38-35(47)18-11-27-7-6-21-40-37(27)38/h3-19,21,23-24,44,46-48H,1,20,22H2,2H3,(H,41,49). The maximum Gasteiger partial charge on any atom is 0.261 e. The maximum absolute atomic E-state index is 14.2. The van der Waals surface area contributed by atoms with Gasteiger partial charge in [-0.1, -0.05) is 36.9 Å². The van der Waals surface area contributed by atoms with Crippen LogP contribution in [0.5, 0.6) is 17.2 Å². The molecule has 0 unspecified atom stereocenters. The first-order valence-electron chi connectivity index (χ1n) is 16.5. The summed E-state index contributed by atoms with van der Waals surface area (Å²) in [5, 5.41) is 43.1. The average Bonchev–Trinajstić information content (AvgIpc) is 3.16. The Kier molecular flexibility index (Phi) is 10.8. The summed E-state index contributed by atoms with van der Waals surface area (Å²) in [4.78, 5) is 16.7. The first-order chi connectivity index (χ1) is 26.2. The van der Waals surface area contributed by atoms with Crippen molar-refractivity contribution in [3.05, 3.63) is 139 Å². The number of benzene rings is 5. The molecule has 6 rings (SSSR count). The summed E-state index contributed by atoms with van der Waals surface area (Å²) >= 11 is 0. The Balaban J connectivity index is 1.28. The van der Waals surface area contributed by atoms with Gasteiger partial charge in [-0.25, -0.2) is 21.1 Å². The third-order valence-corrected chi connectivity index (χ3v) is 11.3. The van der Waals surface area contributed by atoms with E-state index in [9.17, 15) is 36.9 Å². The predicted molar refractivity (Wildman–Crippen MR) is 211 cm³/mol. The van der Waals surface area contributed by atoms with E-state index in [1.54, 1.807) is 48.7 Å². The third-order valence-electron chi connectivity index (χ3n) is 8.21. The van der Waals surface area contributed by atoms with E-state index >= 15 is 0 Å². The van der Waals surface area contributed by atoms with Gasteiger partial charge in [-0.05, 0) is 104 Å². The minimum atomic E-state index is -4.26. The second kappa shape index (κ2) is 15.7. The highest BCUT2D eigenvalue weighted by Gasteiger charge is 2.26. The first-order valence-corrected chi connectivity index (χ1v) is 19.6.